The van der Waals surface area contributed by atoms with Crippen LogP contribution in [0.25, 0.3) is 0 Å². The number of nitrogens with one attached hydrogen (secondary N) is 1. The Kier molecular flexibility index (Phi) is 4.77. The largest absolute Gasteiger partial charge is 0.478 e. The van der Waals surface area contributed by atoms with Crippen molar-refractivity contribution < 1.29 is 14.1 Å². The van der Waals surface area contributed by atoms with Crippen molar-refractivity contribution in [2.45, 2.75) is 0 Å². The first-order valence-corrected chi connectivity index (χ1v) is 6.88. The summed E-state index contributed by atoms with van der Waals surface area (Å²) in [6, 6.07) is 2.80. The van der Waals surface area contributed by atoms with Gasteiger partial charge in [-0.1, -0.05) is 11.6 Å². The summed E-state index contributed by atoms with van der Waals surface area (Å²) in [7, 11) is -0.945. The van der Waals surface area contributed by atoms with E-state index in [-0.39, 0.29) is 16.3 Å². The second kappa shape index (κ2) is 5.88. The summed E-state index contributed by atoms with van der Waals surface area (Å²) in [5, 5.41) is 12.1. The number of anilines is 2. The van der Waals surface area contributed by atoms with Crippen molar-refractivity contribution in [3.8, 4) is 0 Å². The number of hydrogen-bond acceptors (Lipinski definition) is 4. The van der Waals surface area contributed by atoms with Gasteiger partial charge < -0.3 is 16.2 Å². The highest BCUT2D eigenvalue weighted by Crippen LogP contribution is 2.29. The number of carboxylic acid groups (broad SMARTS) is 1. The van der Waals surface area contributed by atoms with E-state index in [0.717, 1.165) is 0 Å². The first kappa shape index (κ1) is 13.8. The fourth-order valence-electron chi connectivity index (χ4n) is 1.30. The van der Waals surface area contributed by atoms with Gasteiger partial charge in [0, 0.05) is 35.0 Å². The van der Waals surface area contributed by atoms with Gasteiger partial charge in [0.25, 0.3) is 0 Å². The van der Waals surface area contributed by atoms with Crippen molar-refractivity contribution in [2.24, 2.45) is 0 Å². The molecular weight excluding hydrogens is 264 g/mol. The van der Waals surface area contributed by atoms with Gasteiger partial charge in [0.05, 0.1) is 16.3 Å². The monoisotopic (exact) mass is 276 g/mol. The molecule has 4 N–H and O–H groups in total. The van der Waals surface area contributed by atoms with Gasteiger partial charge in [-0.05, 0) is 12.1 Å². The highest BCUT2D eigenvalue weighted by atomic mass is 35.5. The lowest BCUT2D eigenvalue weighted by Crippen LogP contribution is -2.13. The number of halogens is 1. The van der Waals surface area contributed by atoms with Gasteiger partial charge in [0.15, 0.2) is 0 Å². The maximum atomic E-state index is 11.0. The number of carbonyl (C=O) groups is 1. The summed E-state index contributed by atoms with van der Waals surface area (Å²) in [5.74, 6) is -0.695. The smallest absolute Gasteiger partial charge is 0.337 e. The Labute approximate surface area is 106 Å². The summed E-state index contributed by atoms with van der Waals surface area (Å²) < 4.78 is 10.9. The predicted octanol–water partition coefficient (Wildman–Crippen LogP) is 1.41. The van der Waals surface area contributed by atoms with Crippen LogP contribution in [0.15, 0.2) is 12.1 Å². The number of carboxylic acids is 1. The average molecular weight is 277 g/mol. The third-order valence-corrected chi connectivity index (χ3v) is 3.11. The van der Waals surface area contributed by atoms with Gasteiger partial charge in [0.1, 0.15) is 0 Å². The van der Waals surface area contributed by atoms with E-state index in [0.29, 0.717) is 18.0 Å². The maximum Gasteiger partial charge on any atom is 0.337 e. The minimum absolute atomic E-state index is 0.0110. The molecule has 1 rings (SSSR count). The molecule has 5 nitrogen and oxygen atoms in total. The van der Waals surface area contributed by atoms with Gasteiger partial charge in [-0.15, -0.1) is 0 Å². The molecule has 0 spiro atoms. The van der Waals surface area contributed by atoms with Crippen LogP contribution in [0.5, 0.6) is 0 Å². The Hall–Kier alpha value is -1.27. The van der Waals surface area contributed by atoms with Crippen LogP contribution in [-0.2, 0) is 10.8 Å². The maximum absolute atomic E-state index is 11.0. The van der Waals surface area contributed by atoms with E-state index in [1.807, 2.05) is 0 Å². The second-order valence-electron chi connectivity index (χ2n) is 3.43. The summed E-state index contributed by atoms with van der Waals surface area (Å²) in [6.07, 6.45) is 1.57. The number of hydrogen-bond donors (Lipinski definition) is 3. The van der Waals surface area contributed by atoms with Crippen LogP contribution in [0.4, 0.5) is 11.4 Å². The van der Waals surface area contributed by atoms with E-state index in [1.54, 1.807) is 6.26 Å². The number of rotatable bonds is 5. The molecule has 0 amide bonds. The molecule has 0 aliphatic rings. The van der Waals surface area contributed by atoms with E-state index in [2.05, 4.69) is 5.32 Å². The van der Waals surface area contributed by atoms with Crippen LogP contribution < -0.4 is 11.1 Å². The zero-order valence-corrected chi connectivity index (χ0v) is 10.8. The quantitative estimate of drug-likeness (QED) is 0.707. The van der Waals surface area contributed by atoms with Crippen LogP contribution >= 0.6 is 11.6 Å². The molecular formula is C10H13ClN2O3S. The Bertz CT molecular complexity index is 465. The molecule has 0 heterocycles. The van der Waals surface area contributed by atoms with E-state index >= 15 is 0 Å². The molecule has 0 radical (unpaired) electrons. The minimum atomic E-state index is -1.11. The third-order valence-electron chi connectivity index (χ3n) is 2.03. The molecule has 1 aromatic carbocycles. The molecule has 0 aromatic heterocycles. The summed E-state index contributed by atoms with van der Waals surface area (Å²) in [4.78, 5) is 11.0. The summed E-state index contributed by atoms with van der Waals surface area (Å²) in [5.41, 5.74) is 6.12. The molecule has 0 fully saturated rings. The van der Waals surface area contributed by atoms with Gasteiger partial charge >= 0.3 is 5.97 Å². The fourth-order valence-corrected chi connectivity index (χ4v) is 1.98. The normalized spacial score (nSPS) is 12.1. The lowest BCUT2D eigenvalue weighted by molar-refractivity contribution is 0.0698. The number of nitrogens with two attached hydrogens (primary N) is 1. The van der Waals surface area contributed by atoms with Crippen molar-refractivity contribution in [3.63, 3.8) is 0 Å². The van der Waals surface area contributed by atoms with E-state index in [9.17, 15) is 9.00 Å². The van der Waals surface area contributed by atoms with E-state index in [4.69, 9.17) is 22.4 Å². The van der Waals surface area contributed by atoms with Crippen molar-refractivity contribution in [1.82, 2.24) is 0 Å². The molecule has 0 aliphatic carbocycles. The zero-order valence-electron chi connectivity index (χ0n) is 9.20. The van der Waals surface area contributed by atoms with Crippen LogP contribution in [0.3, 0.4) is 0 Å². The van der Waals surface area contributed by atoms with Crippen LogP contribution in [-0.4, -0.2) is 33.8 Å². The molecule has 0 saturated carbocycles. The van der Waals surface area contributed by atoms with Crippen molar-refractivity contribution >= 4 is 39.7 Å². The Balaban J connectivity index is 2.96. The lowest BCUT2D eigenvalue weighted by Gasteiger charge is -2.11. The minimum Gasteiger partial charge on any atom is -0.478 e. The summed E-state index contributed by atoms with van der Waals surface area (Å²) in [6.45, 7) is 0.382. The van der Waals surface area contributed by atoms with Gasteiger partial charge in [-0.3, -0.25) is 4.21 Å². The van der Waals surface area contributed by atoms with E-state index < -0.39 is 16.8 Å². The highest BCUT2D eigenvalue weighted by molar-refractivity contribution is 7.84. The summed E-state index contributed by atoms with van der Waals surface area (Å²) >= 11 is 5.91. The molecule has 1 atom stereocenters. The zero-order chi connectivity index (χ0) is 13.0. The Morgan fingerprint density at radius 1 is 1.59 bits per heavy atom. The molecule has 1 unspecified atom stereocenters. The second-order valence-corrected chi connectivity index (χ2v) is 5.40. The fraction of sp³-hybridized carbons (Fsp3) is 0.300. The van der Waals surface area contributed by atoms with Gasteiger partial charge in [-0.25, -0.2) is 4.79 Å². The molecule has 0 saturated heterocycles. The molecule has 0 aliphatic heterocycles. The highest BCUT2D eigenvalue weighted by Gasteiger charge is 2.14. The third kappa shape index (κ3) is 3.90. The molecule has 17 heavy (non-hydrogen) atoms. The van der Waals surface area contributed by atoms with Gasteiger partial charge in [-0.2, -0.15) is 0 Å². The van der Waals surface area contributed by atoms with E-state index in [1.165, 1.54) is 12.1 Å². The van der Waals surface area contributed by atoms with Crippen molar-refractivity contribution in [1.29, 1.82) is 0 Å². The van der Waals surface area contributed by atoms with Crippen LogP contribution in [0.2, 0.25) is 5.02 Å². The van der Waals surface area contributed by atoms with Crippen LogP contribution in [0.1, 0.15) is 10.4 Å². The first-order valence-electron chi connectivity index (χ1n) is 4.78. The molecule has 1 aromatic rings. The van der Waals surface area contributed by atoms with Crippen molar-refractivity contribution in [2.75, 3.05) is 29.6 Å². The number of benzene rings is 1. The number of aromatic carboxylic acids is 1. The predicted molar refractivity (Wildman–Crippen MR) is 70.2 cm³/mol. The Morgan fingerprint density at radius 3 is 2.76 bits per heavy atom. The topological polar surface area (TPSA) is 92.4 Å². The lowest BCUT2D eigenvalue weighted by atomic mass is 10.1. The molecule has 0 bridgehead atoms. The molecule has 7 heteroatoms. The first-order chi connectivity index (χ1) is 7.91. The van der Waals surface area contributed by atoms with Crippen molar-refractivity contribution in [3.05, 3.63) is 22.7 Å². The standard InChI is InChI=1S/C10H13ClN2O3S/c1-17(16)3-2-13-9-7(10(14)15)4-6(12)5-8(9)11/h4-5,13H,2-3,12H2,1H3,(H,14,15). The average Bonchev–Trinajstić information content (AvgIpc) is 2.19. The van der Waals surface area contributed by atoms with Gasteiger partial charge in [0.2, 0.25) is 0 Å². The molecule has 94 valence electrons. The SMILES string of the molecule is CS(=O)CCNc1c(Cl)cc(N)cc1C(=O)O. The number of nitrogen functional groups attached to an aromatic ring is 1. The van der Waals surface area contributed by atoms with Crippen LogP contribution in [0, 0.1) is 0 Å². The Morgan fingerprint density at radius 2 is 2.24 bits per heavy atom.